The highest BCUT2D eigenvalue weighted by atomic mass is 15.0. The summed E-state index contributed by atoms with van der Waals surface area (Å²) in [5, 5.41) is 3.72. The minimum Gasteiger partial charge on any atom is -0.323 e. The van der Waals surface area contributed by atoms with E-state index in [0.717, 1.165) is 24.4 Å². The maximum atomic E-state index is 6.22. The largest absolute Gasteiger partial charge is 0.323 e. The van der Waals surface area contributed by atoms with Crippen LogP contribution < -0.4 is 11.1 Å². The highest BCUT2D eigenvalue weighted by molar-refractivity contribution is 5.18. The predicted octanol–water partition coefficient (Wildman–Crippen LogP) is 2.46. The Kier molecular flexibility index (Phi) is 3.17. The van der Waals surface area contributed by atoms with Gasteiger partial charge in [0.2, 0.25) is 0 Å². The monoisotopic (exact) mass is 230 g/mol. The molecule has 2 heteroatoms. The lowest BCUT2D eigenvalue weighted by molar-refractivity contribution is 0.403. The van der Waals surface area contributed by atoms with Gasteiger partial charge in [0.25, 0.3) is 0 Å². The topological polar surface area (TPSA) is 38.0 Å². The summed E-state index contributed by atoms with van der Waals surface area (Å²) >= 11 is 0. The zero-order valence-corrected chi connectivity index (χ0v) is 10.3. The van der Waals surface area contributed by atoms with E-state index in [2.05, 4.69) is 29.6 Å². The van der Waals surface area contributed by atoms with Gasteiger partial charge in [-0.25, -0.2) is 0 Å². The van der Waals surface area contributed by atoms with Crippen LogP contribution in [0, 0.1) is 11.8 Å². The van der Waals surface area contributed by atoms with Crippen LogP contribution >= 0.6 is 0 Å². The molecule has 3 rings (SSSR count). The van der Waals surface area contributed by atoms with Crippen molar-refractivity contribution in [2.24, 2.45) is 17.6 Å². The number of hydrogen-bond acceptors (Lipinski definition) is 2. The van der Waals surface area contributed by atoms with E-state index in [4.69, 9.17) is 5.73 Å². The van der Waals surface area contributed by atoms with Crippen LogP contribution in [0.15, 0.2) is 30.3 Å². The molecule has 2 saturated carbocycles. The van der Waals surface area contributed by atoms with Gasteiger partial charge in [-0.15, -0.1) is 0 Å². The van der Waals surface area contributed by atoms with Crippen LogP contribution in [0.3, 0.4) is 0 Å². The number of hydrogen-bond donors (Lipinski definition) is 2. The van der Waals surface area contributed by atoms with Crippen molar-refractivity contribution in [3.63, 3.8) is 0 Å². The zero-order chi connectivity index (χ0) is 11.7. The van der Waals surface area contributed by atoms with Gasteiger partial charge < -0.3 is 11.1 Å². The highest BCUT2D eigenvalue weighted by Crippen LogP contribution is 2.44. The fourth-order valence-electron chi connectivity index (χ4n) is 2.71. The van der Waals surface area contributed by atoms with Crippen LogP contribution in [0.1, 0.15) is 37.3 Å². The summed E-state index contributed by atoms with van der Waals surface area (Å²) in [5.41, 5.74) is 7.46. The van der Waals surface area contributed by atoms with Crippen molar-refractivity contribution in [2.75, 3.05) is 6.54 Å². The second-order valence-electron chi connectivity index (χ2n) is 5.63. The van der Waals surface area contributed by atoms with Crippen LogP contribution in [0.25, 0.3) is 0 Å². The number of benzene rings is 1. The van der Waals surface area contributed by atoms with E-state index >= 15 is 0 Å². The summed E-state index contributed by atoms with van der Waals surface area (Å²) < 4.78 is 0. The first-order valence-electron chi connectivity index (χ1n) is 6.88. The highest BCUT2D eigenvalue weighted by Gasteiger charge is 2.41. The molecule has 0 saturated heterocycles. The summed E-state index contributed by atoms with van der Waals surface area (Å²) in [6.45, 7) is 0.918. The van der Waals surface area contributed by atoms with Gasteiger partial charge in [0.05, 0.1) is 0 Å². The molecule has 0 spiro atoms. The molecule has 1 atom stereocenters. The lowest BCUT2D eigenvalue weighted by atomic mass is 10.0. The number of nitrogens with two attached hydrogens (primary N) is 1. The molecule has 0 aromatic heterocycles. The van der Waals surface area contributed by atoms with Crippen molar-refractivity contribution in [1.82, 2.24) is 5.32 Å². The molecule has 2 aliphatic rings. The van der Waals surface area contributed by atoms with Gasteiger partial charge in [-0.3, -0.25) is 0 Å². The van der Waals surface area contributed by atoms with Crippen LogP contribution in [0.4, 0.5) is 0 Å². The normalized spacial score (nSPS) is 21.8. The molecule has 3 N–H and O–H groups in total. The first-order chi connectivity index (χ1) is 8.34. The fourth-order valence-corrected chi connectivity index (χ4v) is 2.71. The molecular formula is C15H22N2. The molecule has 0 bridgehead atoms. The number of nitrogens with one attached hydrogen (secondary N) is 1. The summed E-state index contributed by atoms with van der Waals surface area (Å²) in [6, 6.07) is 11.3. The Labute approximate surface area is 104 Å². The Morgan fingerprint density at radius 3 is 2.18 bits per heavy atom. The molecule has 1 unspecified atom stereocenters. The molecule has 17 heavy (non-hydrogen) atoms. The molecule has 2 aliphatic carbocycles. The van der Waals surface area contributed by atoms with Crippen molar-refractivity contribution >= 4 is 0 Å². The second-order valence-corrected chi connectivity index (χ2v) is 5.63. The lowest BCUT2D eigenvalue weighted by Crippen LogP contribution is -2.38. The van der Waals surface area contributed by atoms with E-state index in [1.54, 1.807) is 0 Å². The maximum absolute atomic E-state index is 6.22. The zero-order valence-electron chi connectivity index (χ0n) is 10.3. The fraction of sp³-hybridized carbons (Fsp3) is 0.600. The van der Waals surface area contributed by atoms with Gasteiger partial charge in [0.15, 0.2) is 0 Å². The molecule has 0 heterocycles. The third-order valence-corrected chi connectivity index (χ3v) is 4.06. The van der Waals surface area contributed by atoms with E-state index in [9.17, 15) is 0 Å². The van der Waals surface area contributed by atoms with Crippen LogP contribution in [-0.4, -0.2) is 12.6 Å². The van der Waals surface area contributed by atoms with Crippen molar-refractivity contribution < 1.29 is 0 Å². The van der Waals surface area contributed by atoms with Gasteiger partial charge >= 0.3 is 0 Å². The third-order valence-electron chi connectivity index (χ3n) is 4.06. The first-order valence-corrected chi connectivity index (χ1v) is 6.88. The molecule has 0 amide bonds. The average Bonchev–Trinajstić information content (AvgIpc) is 3.24. The summed E-state index contributed by atoms with van der Waals surface area (Å²) in [7, 11) is 0. The molecule has 2 fully saturated rings. The first kappa shape index (κ1) is 11.2. The summed E-state index contributed by atoms with van der Waals surface area (Å²) in [4.78, 5) is 0. The summed E-state index contributed by atoms with van der Waals surface area (Å²) in [6.07, 6.45) is 5.70. The molecule has 92 valence electrons. The van der Waals surface area contributed by atoms with Crippen LogP contribution in [-0.2, 0) is 0 Å². The smallest absolute Gasteiger partial charge is 0.0421 e. The molecule has 0 radical (unpaired) electrons. The Hall–Kier alpha value is -0.860. The third kappa shape index (κ3) is 2.88. The number of rotatable bonds is 6. The van der Waals surface area contributed by atoms with Gasteiger partial charge in [0, 0.05) is 18.6 Å². The average molecular weight is 230 g/mol. The Morgan fingerprint density at radius 2 is 1.65 bits per heavy atom. The Bertz CT molecular complexity index is 342. The Balaban J connectivity index is 1.52. The minimum absolute atomic E-state index is 0.135. The maximum Gasteiger partial charge on any atom is 0.0421 e. The van der Waals surface area contributed by atoms with E-state index in [-0.39, 0.29) is 6.04 Å². The molecule has 1 aromatic carbocycles. The van der Waals surface area contributed by atoms with Gasteiger partial charge in [-0.1, -0.05) is 30.3 Å². The van der Waals surface area contributed by atoms with Crippen molar-refractivity contribution in [1.29, 1.82) is 0 Å². The van der Waals surface area contributed by atoms with Crippen molar-refractivity contribution in [2.45, 2.75) is 37.8 Å². The van der Waals surface area contributed by atoms with E-state index < -0.39 is 0 Å². The predicted molar refractivity (Wildman–Crippen MR) is 70.6 cm³/mol. The lowest BCUT2D eigenvalue weighted by Gasteiger charge is -2.21. The second kappa shape index (κ2) is 4.79. The van der Waals surface area contributed by atoms with E-state index in [0.29, 0.717) is 0 Å². The molecule has 2 nitrogen and oxygen atoms in total. The van der Waals surface area contributed by atoms with Crippen LogP contribution in [0.2, 0.25) is 0 Å². The SMILES string of the molecule is NC(CNC(C1CC1)C1CC1)c1ccccc1. The molecular weight excluding hydrogens is 208 g/mol. The quantitative estimate of drug-likeness (QED) is 0.788. The van der Waals surface area contributed by atoms with Gasteiger partial charge in [-0.2, -0.15) is 0 Å². The van der Waals surface area contributed by atoms with Crippen LogP contribution in [0.5, 0.6) is 0 Å². The van der Waals surface area contributed by atoms with Crippen molar-refractivity contribution in [3.05, 3.63) is 35.9 Å². The van der Waals surface area contributed by atoms with Crippen molar-refractivity contribution in [3.8, 4) is 0 Å². The molecule has 1 aromatic rings. The van der Waals surface area contributed by atoms with E-state index in [1.165, 1.54) is 31.2 Å². The standard InChI is InChI=1S/C15H22N2/c16-14(11-4-2-1-3-5-11)10-17-15(12-6-7-12)13-8-9-13/h1-5,12-15,17H,6-10,16H2. The van der Waals surface area contributed by atoms with Gasteiger partial charge in [0.1, 0.15) is 0 Å². The van der Waals surface area contributed by atoms with Gasteiger partial charge in [-0.05, 0) is 43.1 Å². The Morgan fingerprint density at radius 1 is 1.06 bits per heavy atom. The summed E-state index contributed by atoms with van der Waals surface area (Å²) in [5.74, 6) is 1.90. The molecule has 0 aliphatic heterocycles. The van der Waals surface area contributed by atoms with E-state index in [1.807, 2.05) is 6.07 Å². The minimum atomic E-state index is 0.135.